The number of rotatable bonds is 8. The van der Waals surface area contributed by atoms with E-state index in [9.17, 15) is 4.39 Å². The summed E-state index contributed by atoms with van der Waals surface area (Å²) in [5.41, 5.74) is 0.705. The molecule has 0 atom stereocenters. The molecule has 0 fully saturated rings. The maximum Gasteiger partial charge on any atom is 0.191 e. The van der Waals surface area contributed by atoms with Crippen molar-refractivity contribution in [1.29, 1.82) is 0 Å². The van der Waals surface area contributed by atoms with Gasteiger partial charge in [0, 0.05) is 26.3 Å². The van der Waals surface area contributed by atoms with E-state index in [1.807, 2.05) is 13.8 Å². The van der Waals surface area contributed by atoms with Crippen molar-refractivity contribution >= 4 is 5.96 Å². The van der Waals surface area contributed by atoms with Gasteiger partial charge in [-0.2, -0.15) is 0 Å². The second-order valence-electron chi connectivity index (χ2n) is 4.46. The quantitative estimate of drug-likeness (QED) is 0.390. The number of phenolic OH excluding ortho intramolecular Hbond substituents is 1. The Labute approximate surface area is 125 Å². The summed E-state index contributed by atoms with van der Waals surface area (Å²) in [4.78, 5) is 4.38. The van der Waals surface area contributed by atoms with Gasteiger partial charge in [0.25, 0.3) is 0 Å². The minimum atomic E-state index is -0.627. The van der Waals surface area contributed by atoms with Crippen LogP contribution in [-0.2, 0) is 11.3 Å². The van der Waals surface area contributed by atoms with Gasteiger partial charge in [0.05, 0.1) is 6.54 Å². The summed E-state index contributed by atoms with van der Waals surface area (Å²) >= 11 is 0. The van der Waals surface area contributed by atoms with Crippen molar-refractivity contribution in [3.63, 3.8) is 0 Å². The average molecular weight is 297 g/mol. The largest absolute Gasteiger partial charge is 0.505 e. The van der Waals surface area contributed by atoms with Crippen LogP contribution >= 0.6 is 0 Å². The van der Waals surface area contributed by atoms with E-state index in [4.69, 9.17) is 9.84 Å². The Morgan fingerprint density at radius 2 is 2.14 bits per heavy atom. The molecule has 0 aliphatic heterocycles. The zero-order valence-corrected chi connectivity index (χ0v) is 12.7. The fraction of sp³-hybridized carbons (Fsp3) is 0.533. The second kappa shape index (κ2) is 9.99. The summed E-state index contributed by atoms with van der Waals surface area (Å²) in [6, 6.07) is 4.28. The van der Waals surface area contributed by atoms with E-state index in [0.717, 1.165) is 26.1 Å². The predicted molar refractivity (Wildman–Crippen MR) is 82.0 cm³/mol. The molecular weight excluding hydrogens is 273 g/mol. The van der Waals surface area contributed by atoms with Crippen LogP contribution in [0.2, 0.25) is 0 Å². The predicted octanol–water partition coefficient (Wildman–Crippen LogP) is 2.01. The van der Waals surface area contributed by atoms with E-state index in [0.29, 0.717) is 24.7 Å². The number of hydrogen-bond donors (Lipinski definition) is 3. The molecule has 1 rings (SSSR count). The number of ether oxygens (including phenoxy) is 1. The normalized spacial score (nSPS) is 11.5. The third-order valence-corrected chi connectivity index (χ3v) is 2.74. The van der Waals surface area contributed by atoms with E-state index >= 15 is 0 Å². The molecule has 3 N–H and O–H groups in total. The summed E-state index contributed by atoms with van der Waals surface area (Å²) in [6.45, 7) is 7.25. The molecule has 0 radical (unpaired) electrons. The second-order valence-corrected chi connectivity index (χ2v) is 4.46. The molecule has 21 heavy (non-hydrogen) atoms. The molecule has 5 nitrogen and oxygen atoms in total. The molecule has 0 amide bonds. The van der Waals surface area contributed by atoms with E-state index in [-0.39, 0.29) is 5.75 Å². The lowest BCUT2D eigenvalue weighted by molar-refractivity contribution is 0.145. The van der Waals surface area contributed by atoms with Gasteiger partial charge in [-0.05, 0) is 38.0 Å². The van der Waals surface area contributed by atoms with Crippen LogP contribution < -0.4 is 10.6 Å². The topological polar surface area (TPSA) is 65.9 Å². The fourth-order valence-corrected chi connectivity index (χ4v) is 1.69. The lowest BCUT2D eigenvalue weighted by Crippen LogP contribution is -2.38. The summed E-state index contributed by atoms with van der Waals surface area (Å²) in [7, 11) is 0. The molecule has 0 unspecified atom stereocenters. The van der Waals surface area contributed by atoms with Gasteiger partial charge >= 0.3 is 0 Å². The van der Waals surface area contributed by atoms with Gasteiger partial charge in [0.2, 0.25) is 0 Å². The molecule has 0 heterocycles. The molecular formula is C15H24FN3O2. The Hall–Kier alpha value is -1.82. The van der Waals surface area contributed by atoms with Gasteiger partial charge in [0.15, 0.2) is 17.5 Å². The van der Waals surface area contributed by atoms with E-state index in [1.54, 1.807) is 6.07 Å². The molecule has 0 aliphatic carbocycles. The fourth-order valence-electron chi connectivity index (χ4n) is 1.69. The maximum atomic E-state index is 13.2. The first-order valence-electron chi connectivity index (χ1n) is 7.24. The van der Waals surface area contributed by atoms with Crippen LogP contribution in [0.3, 0.4) is 0 Å². The first kappa shape index (κ1) is 17.2. The first-order valence-corrected chi connectivity index (χ1v) is 7.24. The van der Waals surface area contributed by atoms with Gasteiger partial charge in [-0.25, -0.2) is 9.38 Å². The molecule has 0 aliphatic rings. The third kappa shape index (κ3) is 6.94. The Morgan fingerprint density at radius 1 is 1.33 bits per heavy atom. The van der Waals surface area contributed by atoms with Crippen molar-refractivity contribution in [1.82, 2.24) is 10.6 Å². The van der Waals surface area contributed by atoms with Crippen molar-refractivity contribution in [2.24, 2.45) is 4.99 Å². The van der Waals surface area contributed by atoms with Crippen molar-refractivity contribution in [3.8, 4) is 5.75 Å². The summed E-state index contributed by atoms with van der Waals surface area (Å²) in [6.07, 6.45) is 0.895. The first-order chi connectivity index (χ1) is 10.2. The Kier molecular flexibility index (Phi) is 8.19. The molecule has 0 saturated carbocycles. The molecule has 1 aromatic rings. The Morgan fingerprint density at radius 3 is 2.81 bits per heavy atom. The standard InChI is InChI=1S/C15H24FN3O2/c1-3-17-15(18-8-5-9-21-4-2)19-11-12-6-7-14(20)13(16)10-12/h6-7,10,20H,3-5,8-9,11H2,1-2H3,(H2,17,18,19). The smallest absolute Gasteiger partial charge is 0.191 e. The number of guanidine groups is 1. The minimum Gasteiger partial charge on any atom is -0.505 e. The van der Waals surface area contributed by atoms with Crippen molar-refractivity contribution in [3.05, 3.63) is 29.6 Å². The van der Waals surface area contributed by atoms with Crippen LogP contribution in [0.4, 0.5) is 4.39 Å². The van der Waals surface area contributed by atoms with Crippen LogP contribution in [0.5, 0.6) is 5.75 Å². The molecule has 1 aromatic carbocycles. The molecule has 0 spiro atoms. The van der Waals surface area contributed by atoms with E-state index in [2.05, 4.69) is 15.6 Å². The average Bonchev–Trinajstić information content (AvgIpc) is 2.48. The number of hydrogen-bond acceptors (Lipinski definition) is 3. The van der Waals surface area contributed by atoms with E-state index < -0.39 is 5.82 Å². The number of phenols is 1. The van der Waals surface area contributed by atoms with E-state index in [1.165, 1.54) is 12.1 Å². The number of nitrogens with one attached hydrogen (secondary N) is 2. The Bertz CT molecular complexity index is 453. The summed E-state index contributed by atoms with van der Waals surface area (Å²) < 4.78 is 18.5. The van der Waals surface area contributed by atoms with Gasteiger partial charge in [-0.1, -0.05) is 6.07 Å². The van der Waals surface area contributed by atoms with Crippen LogP contribution in [-0.4, -0.2) is 37.4 Å². The van der Waals surface area contributed by atoms with Crippen molar-refractivity contribution in [2.45, 2.75) is 26.8 Å². The lowest BCUT2D eigenvalue weighted by atomic mass is 10.2. The van der Waals surface area contributed by atoms with Gasteiger partial charge < -0.3 is 20.5 Å². The molecule has 0 bridgehead atoms. The van der Waals surface area contributed by atoms with Crippen molar-refractivity contribution < 1.29 is 14.2 Å². The number of benzene rings is 1. The molecule has 6 heteroatoms. The van der Waals surface area contributed by atoms with Crippen LogP contribution in [0, 0.1) is 5.82 Å². The SMILES string of the molecule is CCNC(=NCc1ccc(O)c(F)c1)NCCCOCC. The van der Waals surface area contributed by atoms with Crippen LogP contribution in [0.25, 0.3) is 0 Å². The van der Waals surface area contributed by atoms with Gasteiger partial charge in [-0.3, -0.25) is 0 Å². The lowest BCUT2D eigenvalue weighted by Gasteiger charge is -2.11. The highest BCUT2D eigenvalue weighted by Crippen LogP contribution is 2.16. The number of aliphatic imine (C=N–C) groups is 1. The highest BCUT2D eigenvalue weighted by Gasteiger charge is 2.02. The molecule has 0 aromatic heterocycles. The summed E-state index contributed by atoms with van der Waals surface area (Å²) in [5, 5.41) is 15.5. The number of halogens is 1. The molecule has 0 saturated heterocycles. The highest BCUT2D eigenvalue weighted by molar-refractivity contribution is 5.79. The van der Waals surface area contributed by atoms with Gasteiger partial charge in [-0.15, -0.1) is 0 Å². The highest BCUT2D eigenvalue weighted by atomic mass is 19.1. The number of aromatic hydroxyl groups is 1. The van der Waals surface area contributed by atoms with Gasteiger partial charge in [0.1, 0.15) is 0 Å². The maximum absolute atomic E-state index is 13.2. The summed E-state index contributed by atoms with van der Waals surface area (Å²) in [5.74, 6) is -0.288. The monoisotopic (exact) mass is 297 g/mol. The zero-order valence-electron chi connectivity index (χ0n) is 12.7. The zero-order chi connectivity index (χ0) is 15.5. The third-order valence-electron chi connectivity index (χ3n) is 2.74. The van der Waals surface area contributed by atoms with Crippen molar-refractivity contribution in [2.75, 3.05) is 26.3 Å². The Balaban J connectivity index is 2.48. The van der Waals surface area contributed by atoms with Crippen LogP contribution in [0.1, 0.15) is 25.8 Å². The minimum absolute atomic E-state index is 0.344. The molecule has 118 valence electrons. The number of nitrogens with zero attached hydrogens (tertiary/aromatic N) is 1. The van der Waals surface area contributed by atoms with Crippen LogP contribution in [0.15, 0.2) is 23.2 Å².